The lowest BCUT2D eigenvalue weighted by molar-refractivity contribution is -0.137. The monoisotopic (exact) mass is 447 g/mol. The van der Waals surface area contributed by atoms with Crippen LogP contribution in [0, 0.1) is 0 Å². The van der Waals surface area contributed by atoms with Crippen molar-refractivity contribution in [2.45, 2.75) is 50.1 Å². The number of aromatic nitrogens is 4. The molecule has 2 aromatic rings. The van der Waals surface area contributed by atoms with Crippen molar-refractivity contribution in [1.29, 1.82) is 0 Å². The Morgan fingerprint density at radius 2 is 1.97 bits per heavy atom. The van der Waals surface area contributed by atoms with Gasteiger partial charge in [-0.25, -0.2) is 14.1 Å². The van der Waals surface area contributed by atoms with Gasteiger partial charge in [-0.15, -0.1) is 0 Å². The molecule has 1 saturated heterocycles. The Labute approximate surface area is 175 Å². The van der Waals surface area contributed by atoms with Crippen LogP contribution in [-0.2, 0) is 6.18 Å². The van der Waals surface area contributed by atoms with Crippen molar-refractivity contribution < 1.29 is 17.6 Å². The van der Waals surface area contributed by atoms with Gasteiger partial charge in [-0.2, -0.15) is 23.3 Å². The molecule has 2 atom stereocenters. The van der Waals surface area contributed by atoms with Crippen LogP contribution in [0.1, 0.15) is 37.3 Å². The molecule has 1 saturated carbocycles. The van der Waals surface area contributed by atoms with Crippen molar-refractivity contribution in [1.82, 2.24) is 24.6 Å². The molecule has 3 heterocycles. The van der Waals surface area contributed by atoms with Crippen LogP contribution in [0.5, 0.6) is 0 Å². The number of nitrogens with zero attached hydrogens (tertiary/aromatic N) is 5. The quantitative estimate of drug-likeness (QED) is 0.667. The van der Waals surface area contributed by atoms with Gasteiger partial charge in [0, 0.05) is 32.4 Å². The number of hydrogen-bond acceptors (Lipinski definition) is 6. The Kier molecular flexibility index (Phi) is 5.75. The molecule has 0 aromatic carbocycles. The summed E-state index contributed by atoms with van der Waals surface area (Å²) < 4.78 is 55.3. The molecule has 2 fully saturated rings. The second kappa shape index (κ2) is 8.18. The van der Waals surface area contributed by atoms with Crippen LogP contribution in [0.3, 0.4) is 0 Å². The van der Waals surface area contributed by atoms with Crippen LogP contribution in [0.15, 0.2) is 12.4 Å². The van der Waals surface area contributed by atoms with E-state index in [0.29, 0.717) is 30.9 Å². The Balaban J connectivity index is 1.48. The lowest BCUT2D eigenvalue weighted by Crippen LogP contribution is -2.49. The average molecular weight is 448 g/mol. The average Bonchev–Trinajstić information content (AvgIpc) is 3.00. The predicted molar refractivity (Wildman–Crippen MR) is 105 cm³/mol. The third-order valence-corrected chi connectivity index (χ3v) is 6.13. The van der Waals surface area contributed by atoms with Gasteiger partial charge < -0.3 is 10.6 Å². The van der Waals surface area contributed by atoms with E-state index in [1.165, 1.54) is 24.3 Å². The summed E-state index contributed by atoms with van der Waals surface area (Å²) in [6.45, 7) is 1.13. The molecular formula is C18H22ClF4N7. The first-order valence-electron chi connectivity index (χ1n) is 9.78. The van der Waals surface area contributed by atoms with E-state index in [1.54, 1.807) is 0 Å². The number of likely N-dealkylation sites (tertiary alicyclic amines) is 1. The number of rotatable bonds is 5. The van der Waals surface area contributed by atoms with E-state index in [4.69, 9.17) is 11.6 Å². The van der Waals surface area contributed by atoms with Gasteiger partial charge in [0.1, 0.15) is 17.6 Å². The van der Waals surface area contributed by atoms with Crippen molar-refractivity contribution in [3.05, 3.63) is 23.1 Å². The summed E-state index contributed by atoms with van der Waals surface area (Å²) in [6, 6.07) is -0.0153. The summed E-state index contributed by atoms with van der Waals surface area (Å²) in [6.07, 6.45) is 0.417. The maximum absolute atomic E-state index is 14.9. The first-order chi connectivity index (χ1) is 14.3. The zero-order valence-corrected chi connectivity index (χ0v) is 17.0. The minimum Gasteiger partial charge on any atom is -0.372 e. The summed E-state index contributed by atoms with van der Waals surface area (Å²) in [5, 5.41) is 9.54. The lowest BCUT2D eigenvalue weighted by atomic mass is 9.89. The summed E-state index contributed by atoms with van der Waals surface area (Å²) >= 11 is 6.39. The number of halogens is 5. The topological polar surface area (TPSA) is 70.9 Å². The van der Waals surface area contributed by atoms with E-state index >= 15 is 0 Å². The summed E-state index contributed by atoms with van der Waals surface area (Å²) in [5.41, 5.74) is -0.678. The van der Waals surface area contributed by atoms with Crippen LogP contribution in [0.4, 0.5) is 35.0 Å². The highest BCUT2D eigenvalue weighted by Crippen LogP contribution is 2.36. The van der Waals surface area contributed by atoms with E-state index < -0.39 is 24.0 Å². The van der Waals surface area contributed by atoms with Crippen molar-refractivity contribution in [3.63, 3.8) is 0 Å². The Morgan fingerprint density at radius 3 is 2.57 bits per heavy atom. The van der Waals surface area contributed by atoms with Gasteiger partial charge in [0.2, 0.25) is 5.95 Å². The second-order valence-electron chi connectivity index (χ2n) is 7.57. The van der Waals surface area contributed by atoms with Crippen molar-refractivity contribution >= 4 is 29.1 Å². The van der Waals surface area contributed by atoms with Crippen LogP contribution >= 0.6 is 11.6 Å². The van der Waals surface area contributed by atoms with E-state index in [2.05, 4.69) is 30.6 Å². The van der Waals surface area contributed by atoms with Crippen LogP contribution in [0.25, 0.3) is 0 Å². The number of nitrogens with one attached hydrogen (secondary N) is 2. The molecule has 2 N–H and O–H groups in total. The van der Waals surface area contributed by atoms with Crippen LogP contribution in [-0.4, -0.2) is 57.0 Å². The molecule has 4 rings (SSSR count). The molecule has 12 heteroatoms. The van der Waals surface area contributed by atoms with Crippen LogP contribution < -0.4 is 10.6 Å². The number of piperidine rings is 1. The fourth-order valence-corrected chi connectivity index (χ4v) is 4.16. The largest absolute Gasteiger partial charge is 0.421 e. The molecule has 30 heavy (non-hydrogen) atoms. The highest BCUT2D eigenvalue weighted by atomic mass is 35.5. The van der Waals surface area contributed by atoms with E-state index in [1.807, 2.05) is 0 Å². The molecule has 2 aromatic heterocycles. The normalized spacial score (nSPS) is 23.3. The zero-order chi connectivity index (χ0) is 21.5. The molecule has 1 aliphatic carbocycles. The Bertz CT molecular complexity index is 899. The van der Waals surface area contributed by atoms with Crippen molar-refractivity contribution in [2.24, 2.45) is 0 Å². The zero-order valence-electron chi connectivity index (χ0n) is 16.3. The molecule has 1 aliphatic heterocycles. The van der Waals surface area contributed by atoms with Crippen LogP contribution in [0.2, 0.25) is 5.15 Å². The minimum atomic E-state index is -4.58. The van der Waals surface area contributed by atoms with Gasteiger partial charge in [0.05, 0.1) is 17.9 Å². The predicted octanol–water partition coefficient (Wildman–Crippen LogP) is 4.27. The van der Waals surface area contributed by atoms with E-state index in [0.717, 1.165) is 19.4 Å². The maximum Gasteiger partial charge on any atom is 0.421 e. The molecule has 0 spiro atoms. The van der Waals surface area contributed by atoms with Crippen molar-refractivity contribution in [2.75, 3.05) is 30.8 Å². The number of anilines is 3. The molecule has 0 bridgehead atoms. The molecule has 0 radical (unpaired) electrons. The van der Waals surface area contributed by atoms with Gasteiger partial charge in [-0.3, -0.25) is 4.90 Å². The first kappa shape index (κ1) is 21.1. The van der Waals surface area contributed by atoms with Gasteiger partial charge in [0.25, 0.3) is 0 Å². The van der Waals surface area contributed by atoms with Gasteiger partial charge >= 0.3 is 6.18 Å². The maximum atomic E-state index is 14.9. The third-order valence-electron chi connectivity index (χ3n) is 5.76. The molecule has 0 amide bonds. The Hall–Kier alpha value is -2.14. The highest BCUT2D eigenvalue weighted by Gasteiger charge is 2.37. The fraction of sp³-hybridized carbons (Fsp3) is 0.611. The van der Waals surface area contributed by atoms with E-state index in [-0.39, 0.29) is 16.9 Å². The summed E-state index contributed by atoms with van der Waals surface area (Å²) in [4.78, 5) is 9.75. The standard InChI is InChI=1S/C18H22ClF4N7/c1-24-16-11(18(21,22)23)7-25-17(28-16)27-13-8-26-30(15(13)19)14-5-6-29(9-12(14)20)10-3-2-4-10/h7-8,10,12,14H,2-6,9H2,1H3,(H2,24,25,27,28)/t12-,14-/m1/s1. The summed E-state index contributed by atoms with van der Waals surface area (Å²) in [5.74, 6) is -0.443. The molecule has 2 aliphatic rings. The molecule has 7 nitrogen and oxygen atoms in total. The van der Waals surface area contributed by atoms with Gasteiger partial charge in [-0.05, 0) is 19.3 Å². The summed E-state index contributed by atoms with van der Waals surface area (Å²) in [7, 11) is 1.34. The SMILES string of the molecule is CNc1nc(Nc2cnn([C@@H]3CCN(C4CCC4)C[C@H]3F)c2Cl)ncc1C(F)(F)F. The molecular weight excluding hydrogens is 426 g/mol. The van der Waals surface area contributed by atoms with Gasteiger partial charge in [0.15, 0.2) is 5.15 Å². The smallest absolute Gasteiger partial charge is 0.372 e. The molecule has 0 unspecified atom stereocenters. The fourth-order valence-electron chi connectivity index (χ4n) is 3.90. The third kappa shape index (κ3) is 4.04. The van der Waals surface area contributed by atoms with Crippen molar-refractivity contribution in [3.8, 4) is 0 Å². The number of alkyl halides is 4. The Morgan fingerprint density at radius 1 is 1.20 bits per heavy atom. The highest BCUT2D eigenvalue weighted by molar-refractivity contribution is 6.32. The number of hydrogen-bond donors (Lipinski definition) is 2. The second-order valence-corrected chi connectivity index (χ2v) is 7.93. The lowest BCUT2D eigenvalue weighted by Gasteiger charge is -2.43. The van der Waals surface area contributed by atoms with Gasteiger partial charge in [-0.1, -0.05) is 18.0 Å². The molecule has 164 valence electrons. The minimum absolute atomic E-state index is 0.0783. The first-order valence-corrected chi connectivity index (χ1v) is 10.2. The van der Waals surface area contributed by atoms with E-state index in [9.17, 15) is 17.6 Å².